The Kier molecular flexibility index (Phi) is 8.99. The molecule has 0 aliphatic rings. The Balaban J connectivity index is 1.34. The lowest BCUT2D eigenvalue weighted by molar-refractivity contribution is -0.120. The quantitative estimate of drug-likeness (QED) is 0.194. The normalized spacial score (nSPS) is 11.6. The average Bonchev–Trinajstić information content (AvgIpc) is 3.44. The molecule has 0 saturated carbocycles. The number of nitrogens with one attached hydrogen (secondary N) is 1. The van der Waals surface area contributed by atoms with Crippen molar-refractivity contribution >= 4 is 34.2 Å². The maximum atomic E-state index is 13.5. The van der Waals surface area contributed by atoms with Gasteiger partial charge in [0.2, 0.25) is 11.0 Å². The molecule has 0 saturated heterocycles. The van der Waals surface area contributed by atoms with E-state index in [0.717, 1.165) is 27.6 Å². The maximum Gasteiger partial charge on any atom is 0.240 e. The molecule has 39 heavy (non-hydrogen) atoms. The lowest BCUT2D eigenvalue weighted by Crippen LogP contribution is -2.39. The fraction of sp³-hybridized carbons (Fsp3) is 0.156. The molecule has 0 aliphatic heterocycles. The molecular formula is C32H29ClN4OS. The van der Waals surface area contributed by atoms with Gasteiger partial charge in [-0.25, -0.2) is 4.98 Å². The Labute approximate surface area is 238 Å². The van der Waals surface area contributed by atoms with Gasteiger partial charge >= 0.3 is 0 Å². The summed E-state index contributed by atoms with van der Waals surface area (Å²) < 4.78 is 4.59. The molecule has 0 aliphatic carbocycles. The Bertz CT molecular complexity index is 1460. The van der Waals surface area contributed by atoms with E-state index >= 15 is 0 Å². The van der Waals surface area contributed by atoms with Crippen LogP contribution in [0.1, 0.15) is 34.1 Å². The number of carbonyl (C=O) groups excluding carboxylic acids is 1. The second-order valence-electron chi connectivity index (χ2n) is 9.36. The molecule has 5 aromatic rings. The van der Waals surface area contributed by atoms with E-state index in [0.29, 0.717) is 24.4 Å². The van der Waals surface area contributed by atoms with Gasteiger partial charge in [-0.3, -0.25) is 4.79 Å². The number of rotatable bonds is 11. The fourth-order valence-electron chi connectivity index (χ4n) is 4.43. The minimum absolute atomic E-state index is 0.0647. The average molecular weight is 553 g/mol. The van der Waals surface area contributed by atoms with Crippen molar-refractivity contribution in [2.45, 2.75) is 25.4 Å². The van der Waals surface area contributed by atoms with E-state index in [-0.39, 0.29) is 18.5 Å². The van der Waals surface area contributed by atoms with Crippen LogP contribution in [0.25, 0.3) is 0 Å². The molecule has 5 nitrogen and oxygen atoms in total. The number of benzene rings is 4. The largest absolute Gasteiger partial charge is 0.347 e. The van der Waals surface area contributed by atoms with Crippen molar-refractivity contribution in [3.63, 3.8) is 0 Å². The maximum absolute atomic E-state index is 13.5. The molecule has 0 spiro atoms. The summed E-state index contributed by atoms with van der Waals surface area (Å²) >= 11 is 7.35. The third-order valence-corrected chi connectivity index (χ3v) is 7.44. The lowest BCUT2D eigenvalue weighted by Gasteiger charge is -2.24. The summed E-state index contributed by atoms with van der Waals surface area (Å²) in [6.07, 6.45) is 1.31. The number of carbonyl (C=O) groups is 1. The molecule has 5 rings (SSSR count). The van der Waals surface area contributed by atoms with Crippen LogP contribution in [0.15, 0.2) is 115 Å². The van der Waals surface area contributed by atoms with Crippen LogP contribution < -0.4 is 10.2 Å². The van der Waals surface area contributed by atoms with Crippen molar-refractivity contribution in [2.24, 2.45) is 0 Å². The minimum Gasteiger partial charge on any atom is -0.347 e. The van der Waals surface area contributed by atoms with Crippen molar-refractivity contribution in [2.75, 3.05) is 11.4 Å². The monoisotopic (exact) mass is 552 g/mol. The Morgan fingerprint density at radius 1 is 0.795 bits per heavy atom. The van der Waals surface area contributed by atoms with Crippen LogP contribution in [0.5, 0.6) is 0 Å². The molecule has 4 aromatic carbocycles. The van der Waals surface area contributed by atoms with Crippen LogP contribution in [0, 0.1) is 0 Å². The Hall–Kier alpha value is -4.00. The Morgan fingerprint density at radius 3 is 2.08 bits per heavy atom. The standard InChI is InChI=1S/C32H29ClN4OS/c33-28-18-16-25(17-19-28)21-30-35-32(39-36-30)37(22-26-12-6-2-7-13-26)23-31(38)34-29(27-14-8-3-9-15-27)20-24-10-4-1-5-11-24/h1-19,29H,20-23H2,(H,34,38). The van der Waals surface area contributed by atoms with Crippen molar-refractivity contribution in [1.29, 1.82) is 0 Å². The summed E-state index contributed by atoms with van der Waals surface area (Å²) in [6.45, 7) is 0.723. The molecule has 196 valence electrons. The molecule has 1 amide bonds. The molecule has 1 unspecified atom stereocenters. The summed E-state index contributed by atoms with van der Waals surface area (Å²) in [4.78, 5) is 20.3. The minimum atomic E-state index is -0.144. The van der Waals surface area contributed by atoms with Crippen molar-refractivity contribution < 1.29 is 4.79 Å². The summed E-state index contributed by atoms with van der Waals surface area (Å²) in [5.41, 5.74) is 4.43. The van der Waals surface area contributed by atoms with E-state index in [9.17, 15) is 4.79 Å². The van der Waals surface area contributed by atoms with Gasteiger partial charge in [-0.2, -0.15) is 4.37 Å². The number of hydrogen-bond acceptors (Lipinski definition) is 5. The smallest absolute Gasteiger partial charge is 0.240 e. The molecule has 0 radical (unpaired) electrons. The van der Waals surface area contributed by atoms with Crippen LogP contribution in [0.3, 0.4) is 0 Å². The number of amides is 1. The zero-order chi connectivity index (χ0) is 26.9. The number of anilines is 1. The van der Waals surface area contributed by atoms with Gasteiger partial charge in [0.1, 0.15) is 5.82 Å². The van der Waals surface area contributed by atoms with E-state index < -0.39 is 0 Å². The first-order valence-corrected chi connectivity index (χ1v) is 14.0. The predicted molar refractivity (Wildman–Crippen MR) is 159 cm³/mol. The zero-order valence-electron chi connectivity index (χ0n) is 21.4. The van der Waals surface area contributed by atoms with Crippen LogP contribution in [-0.4, -0.2) is 21.8 Å². The third-order valence-electron chi connectivity index (χ3n) is 6.37. The number of aromatic nitrogens is 2. The molecule has 0 bridgehead atoms. The van der Waals surface area contributed by atoms with Gasteiger partial charge < -0.3 is 10.2 Å². The fourth-order valence-corrected chi connectivity index (χ4v) is 5.23. The number of halogens is 1. The zero-order valence-corrected chi connectivity index (χ0v) is 23.0. The highest BCUT2D eigenvalue weighted by Gasteiger charge is 2.20. The Morgan fingerprint density at radius 2 is 1.41 bits per heavy atom. The van der Waals surface area contributed by atoms with Crippen molar-refractivity contribution in [3.8, 4) is 0 Å². The summed E-state index contributed by atoms with van der Waals surface area (Å²) in [5, 5.41) is 4.70. The highest BCUT2D eigenvalue weighted by atomic mass is 35.5. The molecule has 0 fully saturated rings. The predicted octanol–water partition coefficient (Wildman–Crippen LogP) is 6.89. The summed E-state index contributed by atoms with van der Waals surface area (Å²) in [6, 6.07) is 38.0. The summed E-state index contributed by atoms with van der Waals surface area (Å²) in [7, 11) is 0. The van der Waals surface area contributed by atoms with Crippen LogP contribution in [0.2, 0.25) is 5.02 Å². The van der Waals surface area contributed by atoms with Crippen LogP contribution in [-0.2, 0) is 24.2 Å². The first-order chi connectivity index (χ1) is 19.1. The van der Waals surface area contributed by atoms with E-state index in [4.69, 9.17) is 16.6 Å². The number of nitrogens with zero attached hydrogens (tertiary/aromatic N) is 3. The second-order valence-corrected chi connectivity index (χ2v) is 10.5. The highest BCUT2D eigenvalue weighted by molar-refractivity contribution is 7.09. The van der Waals surface area contributed by atoms with Crippen LogP contribution >= 0.6 is 23.1 Å². The first-order valence-electron chi connectivity index (χ1n) is 12.9. The molecule has 1 atom stereocenters. The van der Waals surface area contributed by atoms with Gasteiger partial charge in [-0.1, -0.05) is 115 Å². The second kappa shape index (κ2) is 13.2. The van der Waals surface area contributed by atoms with E-state index in [1.165, 1.54) is 17.1 Å². The third kappa shape index (κ3) is 7.76. The number of hydrogen-bond donors (Lipinski definition) is 1. The van der Waals surface area contributed by atoms with Gasteiger partial charge in [0, 0.05) is 29.5 Å². The molecular weight excluding hydrogens is 524 g/mol. The molecule has 7 heteroatoms. The van der Waals surface area contributed by atoms with E-state index in [2.05, 4.69) is 46.1 Å². The first kappa shape index (κ1) is 26.6. The SMILES string of the molecule is O=C(CN(Cc1ccccc1)c1nc(Cc2ccc(Cl)cc2)ns1)NC(Cc1ccccc1)c1ccccc1. The van der Waals surface area contributed by atoms with Gasteiger partial charge in [0.05, 0.1) is 12.6 Å². The van der Waals surface area contributed by atoms with Gasteiger partial charge in [0.25, 0.3) is 0 Å². The lowest BCUT2D eigenvalue weighted by atomic mass is 9.99. The van der Waals surface area contributed by atoms with Crippen LogP contribution in [0.4, 0.5) is 5.13 Å². The van der Waals surface area contributed by atoms with Gasteiger partial charge in [-0.15, -0.1) is 0 Å². The highest BCUT2D eigenvalue weighted by Crippen LogP contribution is 2.23. The molecule has 1 heterocycles. The van der Waals surface area contributed by atoms with E-state index in [1.807, 2.05) is 83.8 Å². The van der Waals surface area contributed by atoms with Crippen molar-refractivity contribution in [3.05, 3.63) is 148 Å². The van der Waals surface area contributed by atoms with Crippen molar-refractivity contribution in [1.82, 2.24) is 14.7 Å². The van der Waals surface area contributed by atoms with Gasteiger partial charge in [0.15, 0.2) is 0 Å². The molecule has 1 N–H and O–H groups in total. The van der Waals surface area contributed by atoms with Gasteiger partial charge in [-0.05, 0) is 40.8 Å². The molecule has 1 aromatic heterocycles. The van der Waals surface area contributed by atoms with E-state index in [1.54, 1.807) is 0 Å². The topological polar surface area (TPSA) is 58.1 Å². The summed E-state index contributed by atoms with van der Waals surface area (Å²) in [5.74, 6) is 0.659.